The highest BCUT2D eigenvalue weighted by Gasteiger charge is 2.36. The Labute approximate surface area is 143 Å². The van der Waals surface area contributed by atoms with E-state index in [4.69, 9.17) is 16.9 Å². The zero-order valence-corrected chi connectivity index (χ0v) is 13.6. The zero-order valence-electron chi connectivity index (χ0n) is 12.8. The Bertz CT molecular complexity index is 656. The summed E-state index contributed by atoms with van der Waals surface area (Å²) < 4.78 is 40.1. The van der Waals surface area contributed by atoms with E-state index in [1.54, 1.807) is 0 Å². The summed E-state index contributed by atoms with van der Waals surface area (Å²) in [7, 11) is 0. The molecule has 1 aromatic rings. The molecule has 0 bridgehead atoms. The highest BCUT2D eigenvalue weighted by atomic mass is 35.5. The number of amides is 1. The Hall–Kier alpha value is -2.00. The largest absolute Gasteiger partial charge is 0.417 e. The van der Waals surface area contributed by atoms with E-state index in [9.17, 15) is 18.0 Å². The van der Waals surface area contributed by atoms with Crippen LogP contribution in [0.5, 0.6) is 0 Å². The third-order valence-electron chi connectivity index (χ3n) is 4.02. The van der Waals surface area contributed by atoms with Gasteiger partial charge in [-0.05, 0) is 30.5 Å². The topological polar surface area (TPSA) is 44.1 Å². The van der Waals surface area contributed by atoms with Crippen LogP contribution in [0.1, 0.15) is 31.2 Å². The fourth-order valence-electron chi connectivity index (χ4n) is 2.84. The van der Waals surface area contributed by atoms with Gasteiger partial charge in [-0.15, -0.1) is 0 Å². The molecule has 24 heavy (non-hydrogen) atoms. The maximum atomic E-state index is 13.4. The number of allylic oxidation sites excluding steroid dienone is 1. The van der Waals surface area contributed by atoms with Crippen LogP contribution in [-0.4, -0.2) is 29.6 Å². The first-order valence-corrected chi connectivity index (χ1v) is 7.93. The average molecular weight is 357 g/mol. The first-order valence-electron chi connectivity index (χ1n) is 7.55. The maximum absolute atomic E-state index is 13.4. The van der Waals surface area contributed by atoms with Gasteiger partial charge in [-0.2, -0.15) is 18.4 Å². The summed E-state index contributed by atoms with van der Waals surface area (Å²) in [6, 6.07) is 6.81. The fourth-order valence-corrected chi connectivity index (χ4v) is 2.97. The van der Waals surface area contributed by atoms with Crippen molar-refractivity contribution >= 4 is 23.1 Å². The summed E-state index contributed by atoms with van der Waals surface area (Å²) in [5.41, 5.74) is -1.17. The molecule has 1 aromatic carbocycles. The summed E-state index contributed by atoms with van der Waals surface area (Å²) in [5.74, 6) is -0.786. The molecule has 2 rings (SSSR count). The zero-order chi connectivity index (χ0) is 17.7. The molecule has 1 amide bonds. The normalized spacial score (nSPS) is 16.0. The first kappa shape index (κ1) is 18.3. The van der Waals surface area contributed by atoms with Crippen molar-refractivity contribution in [1.82, 2.24) is 4.90 Å². The second kappa shape index (κ2) is 7.71. The third-order valence-corrected chi connectivity index (χ3v) is 4.27. The van der Waals surface area contributed by atoms with Gasteiger partial charge in [0, 0.05) is 17.1 Å². The Morgan fingerprint density at radius 1 is 1.29 bits per heavy atom. The van der Waals surface area contributed by atoms with Gasteiger partial charge in [0.15, 0.2) is 0 Å². The molecule has 0 saturated heterocycles. The number of carbonyl (C=O) groups is 1. The van der Waals surface area contributed by atoms with Crippen molar-refractivity contribution in [3.63, 3.8) is 0 Å². The summed E-state index contributed by atoms with van der Waals surface area (Å²) >= 11 is 5.70. The number of halogens is 4. The average Bonchev–Trinajstić information content (AvgIpc) is 3.04. The van der Waals surface area contributed by atoms with Gasteiger partial charge < -0.3 is 4.90 Å². The molecule has 128 valence electrons. The fraction of sp³-hybridized carbons (Fsp3) is 0.412. The standard InChI is InChI=1S/C17H16ClF3N2O/c18-13-7-5-12(6-8-13)15(17(19,20)21)11-16(24)23(10-9-22)14-3-1-2-4-14/h5-8,11,14H,1-4,10H2/b15-11-. The lowest BCUT2D eigenvalue weighted by Gasteiger charge is -2.25. The number of carbonyl (C=O) groups excluding carboxylic acids is 1. The molecule has 0 atom stereocenters. The molecule has 0 spiro atoms. The van der Waals surface area contributed by atoms with E-state index in [2.05, 4.69) is 0 Å². The van der Waals surface area contributed by atoms with Crippen LogP contribution in [0.2, 0.25) is 5.02 Å². The van der Waals surface area contributed by atoms with Crippen molar-refractivity contribution in [3.05, 3.63) is 40.9 Å². The van der Waals surface area contributed by atoms with E-state index >= 15 is 0 Å². The van der Waals surface area contributed by atoms with E-state index in [0.717, 1.165) is 12.8 Å². The van der Waals surface area contributed by atoms with Crippen LogP contribution in [-0.2, 0) is 4.79 Å². The number of nitrogens with zero attached hydrogens (tertiary/aromatic N) is 2. The summed E-state index contributed by atoms with van der Waals surface area (Å²) in [5, 5.41) is 9.19. The lowest BCUT2D eigenvalue weighted by molar-refractivity contribution is -0.127. The lowest BCUT2D eigenvalue weighted by atomic mass is 10.0. The SMILES string of the molecule is N#CCN(C(=O)/C=C(/c1ccc(Cl)cc1)C(F)(F)F)C1CCCC1. The molecule has 0 aliphatic heterocycles. The molecule has 1 saturated carbocycles. The van der Waals surface area contributed by atoms with E-state index in [0.29, 0.717) is 23.9 Å². The van der Waals surface area contributed by atoms with Gasteiger partial charge in [-0.1, -0.05) is 36.6 Å². The van der Waals surface area contributed by atoms with Crippen LogP contribution in [0.25, 0.3) is 5.57 Å². The Morgan fingerprint density at radius 2 is 1.88 bits per heavy atom. The molecule has 7 heteroatoms. The maximum Gasteiger partial charge on any atom is 0.417 e. The monoisotopic (exact) mass is 356 g/mol. The van der Waals surface area contributed by atoms with Gasteiger partial charge in [0.1, 0.15) is 6.54 Å². The van der Waals surface area contributed by atoms with Gasteiger partial charge in [0.2, 0.25) is 5.91 Å². The molecule has 0 N–H and O–H groups in total. The number of hydrogen-bond acceptors (Lipinski definition) is 2. The lowest BCUT2D eigenvalue weighted by Crippen LogP contribution is -2.38. The van der Waals surface area contributed by atoms with E-state index < -0.39 is 17.7 Å². The van der Waals surface area contributed by atoms with Crippen LogP contribution in [0, 0.1) is 11.3 Å². The van der Waals surface area contributed by atoms with Crippen molar-refractivity contribution in [1.29, 1.82) is 5.26 Å². The Balaban J connectivity index is 2.35. The molecule has 1 aliphatic rings. The molecular formula is C17H16ClF3N2O. The molecule has 1 aliphatic carbocycles. The number of rotatable bonds is 4. The predicted molar refractivity (Wildman–Crippen MR) is 85.1 cm³/mol. The van der Waals surface area contributed by atoms with E-state index in [1.807, 2.05) is 6.07 Å². The number of alkyl halides is 3. The summed E-state index contributed by atoms with van der Waals surface area (Å²) in [6.07, 6.45) is -0.858. The molecule has 1 fully saturated rings. The quantitative estimate of drug-likeness (QED) is 0.585. The third kappa shape index (κ3) is 4.51. The molecule has 3 nitrogen and oxygen atoms in total. The van der Waals surface area contributed by atoms with Gasteiger partial charge >= 0.3 is 6.18 Å². The van der Waals surface area contributed by atoms with Crippen molar-refractivity contribution < 1.29 is 18.0 Å². The highest BCUT2D eigenvalue weighted by Crippen LogP contribution is 2.35. The summed E-state index contributed by atoms with van der Waals surface area (Å²) in [4.78, 5) is 13.6. The van der Waals surface area contributed by atoms with Crippen molar-refractivity contribution in [2.24, 2.45) is 0 Å². The van der Waals surface area contributed by atoms with Gasteiger partial charge in [0.25, 0.3) is 0 Å². The molecular weight excluding hydrogens is 341 g/mol. The minimum Gasteiger partial charge on any atom is -0.323 e. The van der Waals surface area contributed by atoms with Gasteiger partial charge in [0.05, 0.1) is 11.6 Å². The number of nitriles is 1. The first-order chi connectivity index (χ1) is 11.3. The summed E-state index contributed by atoms with van der Waals surface area (Å²) in [6.45, 7) is -0.217. The molecule has 0 heterocycles. The van der Waals surface area contributed by atoms with E-state index in [-0.39, 0.29) is 18.2 Å². The van der Waals surface area contributed by atoms with Crippen LogP contribution in [0.4, 0.5) is 13.2 Å². The van der Waals surface area contributed by atoms with Crippen LogP contribution >= 0.6 is 11.6 Å². The molecule has 0 aromatic heterocycles. The smallest absolute Gasteiger partial charge is 0.323 e. The number of hydrogen-bond donors (Lipinski definition) is 0. The number of benzene rings is 1. The van der Waals surface area contributed by atoms with Crippen LogP contribution < -0.4 is 0 Å². The van der Waals surface area contributed by atoms with Crippen LogP contribution in [0.15, 0.2) is 30.3 Å². The predicted octanol–water partition coefficient (Wildman–Crippen LogP) is 4.58. The second-order valence-electron chi connectivity index (χ2n) is 5.63. The van der Waals surface area contributed by atoms with Crippen molar-refractivity contribution in [2.45, 2.75) is 37.9 Å². The van der Waals surface area contributed by atoms with Gasteiger partial charge in [-0.25, -0.2) is 0 Å². The van der Waals surface area contributed by atoms with Crippen LogP contribution in [0.3, 0.4) is 0 Å². The van der Waals surface area contributed by atoms with Crippen molar-refractivity contribution in [2.75, 3.05) is 6.54 Å². The molecule has 0 unspecified atom stereocenters. The van der Waals surface area contributed by atoms with Crippen molar-refractivity contribution in [3.8, 4) is 6.07 Å². The highest BCUT2D eigenvalue weighted by molar-refractivity contribution is 6.30. The van der Waals surface area contributed by atoms with E-state index in [1.165, 1.54) is 29.2 Å². The molecule has 0 radical (unpaired) electrons. The Kier molecular flexibility index (Phi) is 5.89. The van der Waals surface area contributed by atoms with Gasteiger partial charge in [-0.3, -0.25) is 4.79 Å². The minimum atomic E-state index is -4.68. The Morgan fingerprint density at radius 3 is 2.38 bits per heavy atom. The minimum absolute atomic E-state index is 0.136. The second-order valence-corrected chi connectivity index (χ2v) is 6.06.